The molecule has 0 fully saturated rings. The Morgan fingerprint density at radius 2 is 1.48 bits per heavy atom. The lowest BCUT2D eigenvalue weighted by Crippen LogP contribution is -2.19. The minimum atomic E-state index is -3.63. The zero-order chi connectivity index (χ0) is 15.3. The highest BCUT2D eigenvalue weighted by molar-refractivity contribution is 7.94. The fourth-order valence-corrected chi connectivity index (χ4v) is 2.99. The average molecular weight is 301 g/mol. The first-order valence-electron chi connectivity index (χ1n) is 6.34. The van der Waals surface area contributed by atoms with E-state index in [0.717, 1.165) is 5.41 Å². The van der Waals surface area contributed by atoms with Crippen LogP contribution in [0.3, 0.4) is 0 Å². The van der Waals surface area contributed by atoms with Gasteiger partial charge in [0, 0.05) is 6.92 Å². The number of amides is 1. The van der Waals surface area contributed by atoms with Crippen LogP contribution in [0.15, 0.2) is 71.0 Å². The van der Waals surface area contributed by atoms with Crippen molar-refractivity contribution in [3.63, 3.8) is 0 Å². The summed E-state index contributed by atoms with van der Waals surface area (Å²) in [4.78, 5) is 11.5. The van der Waals surface area contributed by atoms with Crippen LogP contribution in [0.4, 0.5) is 0 Å². The third-order valence-electron chi connectivity index (χ3n) is 2.74. The van der Waals surface area contributed by atoms with E-state index >= 15 is 0 Å². The van der Waals surface area contributed by atoms with Gasteiger partial charge in [-0.1, -0.05) is 48.5 Å². The van der Waals surface area contributed by atoms with Gasteiger partial charge in [0.05, 0.1) is 16.0 Å². The van der Waals surface area contributed by atoms with Crippen LogP contribution in [0.5, 0.6) is 0 Å². The van der Waals surface area contributed by atoms with Gasteiger partial charge in [0.15, 0.2) is 0 Å². The van der Waals surface area contributed by atoms with Gasteiger partial charge in [-0.05, 0) is 17.7 Å². The van der Waals surface area contributed by atoms with Crippen LogP contribution in [0, 0.1) is 0 Å². The standard InChI is InChI=1S/C16H15NO3S/c1-13(18)17-16(14-8-4-2-5-9-14)12-21(19,20)15-10-6-3-7-11-15/h2-12H,1H3,(H,17,18)/b16-12-. The molecule has 0 aliphatic heterocycles. The van der Waals surface area contributed by atoms with E-state index in [4.69, 9.17) is 0 Å². The maximum Gasteiger partial charge on any atom is 0.221 e. The lowest BCUT2D eigenvalue weighted by Gasteiger charge is -2.09. The lowest BCUT2D eigenvalue weighted by atomic mass is 10.2. The molecule has 2 aromatic carbocycles. The van der Waals surface area contributed by atoms with Gasteiger partial charge in [-0.25, -0.2) is 8.42 Å². The zero-order valence-corrected chi connectivity index (χ0v) is 12.3. The summed E-state index contributed by atoms with van der Waals surface area (Å²) >= 11 is 0. The molecule has 2 aromatic rings. The summed E-state index contributed by atoms with van der Waals surface area (Å²) in [7, 11) is -3.63. The topological polar surface area (TPSA) is 63.2 Å². The van der Waals surface area contributed by atoms with Crippen molar-refractivity contribution in [1.29, 1.82) is 0 Å². The van der Waals surface area contributed by atoms with E-state index in [2.05, 4.69) is 5.32 Å². The van der Waals surface area contributed by atoms with Crippen LogP contribution in [0.2, 0.25) is 0 Å². The second-order valence-corrected chi connectivity index (χ2v) is 6.23. The molecule has 0 spiro atoms. The van der Waals surface area contributed by atoms with E-state index in [-0.39, 0.29) is 16.5 Å². The second-order valence-electron chi connectivity index (χ2n) is 4.44. The van der Waals surface area contributed by atoms with Gasteiger partial charge in [0.25, 0.3) is 0 Å². The summed E-state index contributed by atoms with van der Waals surface area (Å²) in [5, 5.41) is 3.65. The van der Waals surface area contributed by atoms with Crippen molar-refractivity contribution in [2.24, 2.45) is 0 Å². The predicted molar refractivity (Wildman–Crippen MR) is 81.9 cm³/mol. The number of hydrogen-bond acceptors (Lipinski definition) is 3. The molecule has 0 atom stereocenters. The number of carbonyl (C=O) groups excluding carboxylic acids is 1. The molecule has 0 heterocycles. The van der Waals surface area contributed by atoms with Crippen LogP contribution in [-0.4, -0.2) is 14.3 Å². The highest BCUT2D eigenvalue weighted by atomic mass is 32.2. The second kappa shape index (κ2) is 6.37. The van der Waals surface area contributed by atoms with E-state index in [1.165, 1.54) is 19.1 Å². The van der Waals surface area contributed by atoms with Gasteiger partial charge in [0.1, 0.15) is 0 Å². The Bertz CT molecular complexity index is 751. The van der Waals surface area contributed by atoms with E-state index in [1.54, 1.807) is 42.5 Å². The summed E-state index contributed by atoms with van der Waals surface area (Å²) in [6.45, 7) is 1.34. The molecule has 0 radical (unpaired) electrons. The summed E-state index contributed by atoms with van der Waals surface area (Å²) < 4.78 is 24.7. The fraction of sp³-hybridized carbons (Fsp3) is 0.0625. The molecule has 0 aliphatic carbocycles. The molecule has 1 amide bonds. The number of nitrogens with one attached hydrogen (secondary N) is 1. The van der Waals surface area contributed by atoms with E-state index < -0.39 is 9.84 Å². The number of hydrogen-bond donors (Lipinski definition) is 1. The quantitative estimate of drug-likeness (QED) is 0.944. The van der Waals surface area contributed by atoms with Crippen LogP contribution in [0.1, 0.15) is 12.5 Å². The van der Waals surface area contributed by atoms with Crippen molar-refractivity contribution in [2.75, 3.05) is 0 Å². The maximum atomic E-state index is 12.4. The summed E-state index contributed by atoms with van der Waals surface area (Å²) in [6.07, 6.45) is 0. The van der Waals surface area contributed by atoms with Crippen LogP contribution >= 0.6 is 0 Å². The first-order chi connectivity index (χ1) is 9.99. The molecule has 5 heteroatoms. The third-order valence-corrected chi connectivity index (χ3v) is 4.22. The Morgan fingerprint density at radius 3 is 2.00 bits per heavy atom. The van der Waals surface area contributed by atoms with Crippen molar-refractivity contribution in [3.05, 3.63) is 71.6 Å². The minimum Gasteiger partial charge on any atom is -0.325 e. The normalized spacial score (nSPS) is 12.0. The minimum absolute atomic E-state index is 0.184. The van der Waals surface area contributed by atoms with E-state index in [9.17, 15) is 13.2 Å². The van der Waals surface area contributed by atoms with Crippen molar-refractivity contribution in [2.45, 2.75) is 11.8 Å². The monoisotopic (exact) mass is 301 g/mol. The van der Waals surface area contributed by atoms with Crippen molar-refractivity contribution >= 4 is 21.4 Å². The molecular weight excluding hydrogens is 286 g/mol. The molecule has 0 saturated heterocycles. The summed E-state index contributed by atoms with van der Waals surface area (Å²) in [6, 6.07) is 16.9. The molecule has 108 valence electrons. The first kappa shape index (κ1) is 15.0. The van der Waals surface area contributed by atoms with E-state index in [0.29, 0.717) is 5.56 Å². The Kier molecular flexibility index (Phi) is 4.55. The van der Waals surface area contributed by atoms with Crippen LogP contribution in [0.25, 0.3) is 5.70 Å². The number of carbonyl (C=O) groups is 1. The summed E-state index contributed by atoms with van der Waals surface area (Å²) in [5.74, 6) is -0.326. The average Bonchev–Trinajstić information content (AvgIpc) is 2.48. The molecule has 0 aromatic heterocycles. The molecule has 0 bridgehead atoms. The van der Waals surface area contributed by atoms with E-state index in [1.807, 2.05) is 6.07 Å². The Labute approximate surface area is 124 Å². The van der Waals surface area contributed by atoms with Crippen molar-refractivity contribution in [3.8, 4) is 0 Å². The number of sulfone groups is 1. The highest BCUT2D eigenvalue weighted by Crippen LogP contribution is 2.18. The Hall–Kier alpha value is -2.40. The molecule has 0 aliphatic rings. The lowest BCUT2D eigenvalue weighted by molar-refractivity contribution is -0.117. The van der Waals surface area contributed by atoms with Gasteiger partial charge >= 0.3 is 0 Å². The first-order valence-corrected chi connectivity index (χ1v) is 7.88. The van der Waals surface area contributed by atoms with Gasteiger partial charge in [-0.3, -0.25) is 4.79 Å². The third kappa shape index (κ3) is 4.03. The molecule has 1 N–H and O–H groups in total. The highest BCUT2D eigenvalue weighted by Gasteiger charge is 2.14. The Balaban J connectivity index is 2.48. The number of rotatable bonds is 4. The molecule has 0 unspecified atom stereocenters. The predicted octanol–water partition coefficient (Wildman–Crippen LogP) is 2.60. The fourth-order valence-electron chi connectivity index (χ4n) is 1.81. The molecule has 21 heavy (non-hydrogen) atoms. The van der Waals surface area contributed by atoms with Gasteiger partial charge < -0.3 is 5.32 Å². The molecular formula is C16H15NO3S. The molecule has 4 nitrogen and oxygen atoms in total. The van der Waals surface area contributed by atoms with Gasteiger partial charge in [0.2, 0.25) is 15.7 Å². The Morgan fingerprint density at radius 1 is 0.952 bits per heavy atom. The van der Waals surface area contributed by atoms with Gasteiger partial charge in [-0.2, -0.15) is 0 Å². The smallest absolute Gasteiger partial charge is 0.221 e. The molecule has 0 saturated carbocycles. The molecule has 2 rings (SSSR count). The SMILES string of the molecule is CC(=O)N/C(=C\S(=O)(=O)c1ccccc1)c1ccccc1. The zero-order valence-electron chi connectivity index (χ0n) is 11.5. The van der Waals surface area contributed by atoms with Crippen LogP contribution in [-0.2, 0) is 14.6 Å². The largest absolute Gasteiger partial charge is 0.325 e. The van der Waals surface area contributed by atoms with Crippen molar-refractivity contribution in [1.82, 2.24) is 5.32 Å². The van der Waals surface area contributed by atoms with Crippen LogP contribution < -0.4 is 5.32 Å². The summed E-state index contributed by atoms with van der Waals surface area (Å²) in [5.41, 5.74) is 0.888. The van der Waals surface area contributed by atoms with Crippen molar-refractivity contribution < 1.29 is 13.2 Å². The maximum absolute atomic E-state index is 12.4. The number of benzene rings is 2. The van der Waals surface area contributed by atoms with Gasteiger partial charge in [-0.15, -0.1) is 0 Å².